The van der Waals surface area contributed by atoms with Crippen LogP contribution in [-0.2, 0) is 4.74 Å². The molecule has 0 aromatic carbocycles. The van der Waals surface area contributed by atoms with Crippen molar-refractivity contribution in [2.45, 2.75) is 58.4 Å². The summed E-state index contributed by atoms with van der Waals surface area (Å²) in [5.41, 5.74) is 0.322. The second-order valence-electron chi connectivity index (χ2n) is 6.53. The van der Waals surface area contributed by atoms with Crippen LogP contribution in [0.25, 0.3) is 0 Å². The Balaban J connectivity index is 1.91. The van der Waals surface area contributed by atoms with Crippen molar-refractivity contribution in [1.82, 2.24) is 10.6 Å². The molecule has 3 atom stereocenters. The molecule has 1 fully saturated rings. The highest BCUT2D eigenvalue weighted by Gasteiger charge is 2.42. The van der Waals surface area contributed by atoms with E-state index in [1.165, 1.54) is 19.3 Å². The van der Waals surface area contributed by atoms with E-state index in [4.69, 9.17) is 4.74 Å². The van der Waals surface area contributed by atoms with E-state index < -0.39 is 0 Å². The Labute approximate surface area is 123 Å². The fourth-order valence-electron chi connectivity index (χ4n) is 3.59. The van der Waals surface area contributed by atoms with Crippen LogP contribution >= 0.6 is 0 Å². The standard InChI is InChI=1S/C17H30N2O/c1-5-9-19-16(6-2)20-15-8-7-13-11-17(3,18-4)12-14(13)10-15/h6,8,13-14,18-19H,5,7,9-12H2,1-4H3/b16-6+/t13?,14-,17?/m1/s1. The molecule has 0 radical (unpaired) electrons. The Hall–Kier alpha value is -0.960. The summed E-state index contributed by atoms with van der Waals surface area (Å²) >= 11 is 0. The molecule has 2 aliphatic carbocycles. The zero-order chi connectivity index (χ0) is 14.6. The summed E-state index contributed by atoms with van der Waals surface area (Å²) in [7, 11) is 2.09. The minimum absolute atomic E-state index is 0.322. The highest BCUT2D eigenvalue weighted by molar-refractivity contribution is 5.11. The Bertz CT molecular complexity index is 388. The Kier molecular flexibility index (Phi) is 5.14. The van der Waals surface area contributed by atoms with Crippen LogP contribution in [0.5, 0.6) is 0 Å². The number of hydrogen-bond donors (Lipinski definition) is 2. The molecule has 1 saturated carbocycles. The van der Waals surface area contributed by atoms with Gasteiger partial charge in [0.25, 0.3) is 0 Å². The fraction of sp³-hybridized carbons (Fsp3) is 0.765. The third-order valence-electron chi connectivity index (χ3n) is 4.86. The van der Waals surface area contributed by atoms with Crippen molar-refractivity contribution >= 4 is 0 Å². The van der Waals surface area contributed by atoms with E-state index >= 15 is 0 Å². The molecule has 3 nitrogen and oxygen atoms in total. The first kappa shape index (κ1) is 15.4. The van der Waals surface area contributed by atoms with Crippen LogP contribution in [0.1, 0.15) is 52.9 Å². The highest BCUT2D eigenvalue weighted by Crippen LogP contribution is 2.46. The number of ether oxygens (including phenoxy) is 1. The summed E-state index contributed by atoms with van der Waals surface area (Å²) < 4.78 is 6.04. The molecular formula is C17H30N2O. The second kappa shape index (κ2) is 6.66. The summed E-state index contributed by atoms with van der Waals surface area (Å²) in [6, 6.07) is 0. The Morgan fingerprint density at radius 1 is 1.45 bits per heavy atom. The topological polar surface area (TPSA) is 33.3 Å². The quantitative estimate of drug-likeness (QED) is 0.729. The molecule has 0 heterocycles. The zero-order valence-corrected chi connectivity index (χ0v) is 13.5. The van der Waals surface area contributed by atoms with Gasteiger partial charge in [0.05, 0.1) is 0 Å². The first-order chi connectivity index (χ1) is 9.60. The molecule has 0 saturated heterocycles. The lowest BCUT2D eigenvalue weighted by molar-refractivity contribution is 0.217. The van der Waals surface area contributed by atoms with Gasteiger partial charge in [-0.15, -0.1) is 0 Å². The summed E-state index contributed by atoms with van der Waals surface area (Å²) in [6.07, 6.45) is 10.3. The summed E-state index contributed by atoms with van der Waals surface area (Å²) in [5, 5.41) is 6.84. The normalized spacial score (nSPS) is 33.6. The third-order valence-corrected chi connectivity index (χ3v) is 4.86. The number of fused-ring (bicyclic) bond motifs is 1. The fourth-order valence-corrected chi connectivity index (χ4v) is 3.59. The number of rotatable bonds is 6. The predicted molar refractivity (Wildman–Crippen MR) is 84.1 cm³/mol. The van der Waals surface area contributed by atoms with Crippen LogP contribution in [0.15, 0.2) is 23.8 Å². The molecule has 0 aromatic heterocycles. The van der Waals surface area contributed by atoms with Crippen LogP contribution in [0, 0.1) is 11.8 Å². The largest absolute Gasteiger partial charge is 0.446 e. The Morgan fingerprint density at radius 2 is 2.20 bits per heavy atom. The van der Waals surface area contributed by atoms with E-state index in [1.54, 1.807) is 0 Å². The molecule has 2 rings (SSSR count). The monoisotopic (exact) mass is 278 g/mol. The van der Waals surface area contributed by atoms with Crippen molar-refractivity contribution in [3.8, 4) is 0 Å². The lowest BCUT2D eigenvalue weighted by atomic mass is 9.85. The summed E-state index contributed by atoms with van der Waals surface area (Å²) in [4.78, 5) is 0. The van der Waals surface area contributed by atoms with Crippen molar-refractivity contribution in [2.24, 2.45) is 11.8 Å². The van der Waals surface area contributed by atoms with E-state index in [0.29, 0.717) is 5.54 Å². The first-order valence-electron chi connectivity index (χ1n) is 8.06. The molecule has 20 heavy (non-hydrogen) atoms. The minimum atomic E-state index is 0.322. The number of nitrogens with one attached hydrogen (secondary N) is 2. The maximum absolute atomic E-state index is 6.04. The predicted octanol–water partition coefficient (Wildman–Crippen LogP) is 3.55. The first-order valence-corrected chi connectivity index (χ1v) is 8.06. The van der Waals surface area contributed by atoms with Crippen molar-refractivity contribution in [3.63, 3.8) is 0 Å². The van der Waals surface area contributed by atoms with Crippen molar-refractivity contribution in [3.05, 3.63) is 23.8 Å². The van der Waals surface area contributed by atoms with E-state index in [9.17, 15) is 0 Å². The van der Waals surface area contributed by atoms with Gasteiger partial charge in [-0.05, 0) is 70.6 Å². The minimum Gasteiger partial charge on any atom is -0.446 e. The van der Waals surface area contributed by atoms with E-state index in [2.05, 4.69) is 37.6 Å². The second-order valence-corrected chi connectivity index (χ2v) is 6.53. The van der Waals surface area contributed by atoms with Gasteiger partial charge in [0.1, 0.15) is 5.76 Å². The van der Waals surface area contributed by atoms with Gasteiger partial charge in [-0.2, -0.15) is 0 Å². The molecule has 0 spiro atoms. The van der Waals surface area contributed by atoms with Crippen LogP contribution in [-0.4, -0.2) is 19.1 Å². The van der Waals surface area contributed by atoms with Crippen molar-refractivity contribution in [2.75, 3.05) is 13.6 Å². The number of hydrogen-bond acceptors (Lipinski definition) is 3. The molecular weight excluding hydrogens is 248 g/mol. The van der Waals surface area contributed by atoms with Crippen LogP contribution in [0.2, 0.25) is 0 Å². The van der Waals surface area contributed by atoms with Gasteiger partial charge in [-0.3, -0.25) is 0 Å². The van der Waals surface area contributed by atoms with Gasteiger partial charge in [-0.25, -0.2) is 0 Å². The van der Waals surface area contributed by atoms with E-state index in [0.717, 1.165) is 42.9 Å². The van der Waals surface area contributed by atoms with Crippen LogP contribution < -0.4 is 10.6 Å². The van der Waals surface area contributed by atoms with E-state index in [1.807, 2.05) is 13.0 Å². The summed E-state index contributed by atoms with van der Waals surface area (Å²) in [6.45, 7) is 7.52. The molecule has 0 amide bonds. The lowest BCUT2D eigenvalue weighted by Gasteiger charge is -2.25. The van der Waals surface area contributed by atoms with Crippen LogP contribution in [0.4, 0.5) is 0 Å². The van der Waals surface area contributed by atoms with E-state index in [-0.39, 0.29) is 0 Å². The van der Waals surface area contributed by atoms with Crippen LogP contribution in [0.3, 0.4) is 0 Å². The molecule has 0 aromatic rings. The smallest absolute Gasteiger partial charge is 0.188 e. The SMILES string of the molecule is C/C=C(\NCCC)OC1=CCC2CC(C)(NC)C[C@H]2C1. The Morgan fingerprint density at radius 3 is 2.85 bits per heavy atom. The maximum Gasteiger partial charge on any atom is 0.188 e. The molecule has 3 heteroatoms. The molecule has 2 N–H and O–H groups in total. The van der Waals surface area contributed by atoms with Gasteiger partial charge in [0.2, 0.25) is 0 Å². The lowest BCUT2D eigenvalue weighted by Crippen LogP contribution is -2.36. The average molecular weight is 278 g/mol. The third kappa shape index (κ3) is 3.57. The van der Waals surface area contributed by atoms with Gasteiger partial charge in [0, 0.05) is 18.5 Å². The molecule has 114 valence electrons. The van der Waals surface area contributed by atoms with Crippen molar-refractivity contribution < 1.29 is 4.74 Å². The average Bonchev–Trinajstić information content (AvgIpc) is 2.79. The molecule has 0 bridgehead atoms. The van der Waals surface area contributed by atoms with Gasteiger partial charge < -0.3 is 15.4 Å². The molecule has 0 aliphatic heterocycles. The zero-order valence-electron chi connectivity index (χ0n) is 13.5. The number of allylic oxidation sites excluding steroid dienone is 3. The maximum atomic E-state index is 6.04. The van der Waals surface area contributed by atoms with Gasteiger partial charge >= 0.3 is 0 Å². The van der Waals surface area contributed by atoms with Gasteiger partial charge in [0.15, 0.2) is 5.88 Å². The molecule has 2 aliphatic rings. The highest BCUT2D eigenvalue weighted by atomic mass is 16.5. The molecule has 2 unspecified atom stereocenters. The van der Waals surface area contributed by atoms with Gasteiger partial charge in [-0.1, -0.05) is 6.92 Å². The van der Waals surface area contributed by atoms with Crippen molar-refractivity contribution in [1.29, 1.82) is 0 Å². The summed E-state index contributed by atoms with van der Waals surface area (Å²) in [5.74, 6) is 3.67.